The second-order valence-electron chi connectivity index (χ2n) is 9.66. The van der Waals surface area contributed by atoms with Crippen LogP contribution in [0.4, 0.5) is 5.69 Å². The van der Waals surface area contributed by atoms with Crippen LogP contribution in [0.5, 0.6) is 5.75 Å². The fourth-order valence-electron chi connectivity index (χ4n) is 4.29. The van der Waals surface area contributed by atoms with Crippen LogP contribution in [0.2, 0.25) is 0 Å². The number of aryl methyl sites for hydroxylation is 1. The quantitative estimate of drug-likeness (QED) is 0.425. The van der Waals surface area contributed by atoms with E-state index < -0.39 is 28.1 Å². The van der Waals surface area contributed by atoms with Crippen molar-refractivity contribution in [3.63, 3.8) is 0 Å². The molecular formula is C26H32N6O6S. The largest absolute Gasteiger partial charge is 0.486 e. The lowest BCUT2D eigenvalue weighted by atomic mass is 9.99. The number of pyridine rings is 1. The summed E-state index contributed by atoms with van der Waals surface area (Å²) in [6, 6.07) is 7.43. The molecule has 0 saturated carbocycles. The van der Waals surface area contributed by atoms with E-state index in [0.717, 1.165) is 4.31 Å². The van der Waals surface area contributed by atoms with Gasteiger partial charge in [-0.2, -0.15) is 4.31 Å². The highest BCUT2D eigenvalue weighted by Crippen LogP contribution is 2.35. The van der Waals surface area contributed by atoms with Crippen molar-refractivity contribution >= 4 is 27.5 Å². The second kappa shape index (κ2) is 11.5. The van der Waals surface area contributed by atoms with E-state index in [9.17, 15) is 23.1 Å². The molecule has 0 saturated heterocycles. The van der Waals surface area contributed by atoms with E-state index in [-0.39, 0.29) is 53.5 Å². The normalized spacial score (nSPS) is 18.6. The van der Waals surface area contributed by atoms with E-state index in [1.54, 1.807) is 53.8 Å². The van der Waals surface area contributed by atoms with Crippen molar-refractivity contribution in [2.75, 3.05) is 32.1 Å². The molecule has 1 aromatic carbocycles. The standard InChI is InChI=1S/C26H32N6O6S/c1-17-12-32(18(2)15-33)26(35)20-6-5-7-21(29-25(34)19-8-10-27-11-9-19)24(20)38-22(17)13-31(4)39(36,37)23-14-30(3)16-28-23/h5-11,14,16-18,22,33H,12-13,15H2,1-4H3,(H,29,34)/t17-,18-,22+/m0/s1. The van der Waals surface area contributed by atoms with Crippen molar-refractivity contribution in [3.05, 3.63) is 66.4 Å². The first-order valence-electron chi connectivity index (χ1n) is 12.4. The molecule has 0 spiro atoms. The van der Waals surface area contributed by atoms with E-state index in [1.807, 2.05) is 6.92 Å². The number of anilines is 1. The average Bonchev–Trinajstić information content (AvgIpc) is 3.38. The summed E-state index contributed by atoms with van der Waals surface area (Å²) in [5.74, 6) is -1.02. The van der Waals surface area contributed by atoms with Crippen molar-refractivity contribution in [2.24, 2.45) is 13.0 Å². The summed E-state index contributed by atoms with van der Waals surface area (Å²) in [6.07, 6.45) is 5.10. The van der Waals surface area contributed by atoms with Crippen LogP contribution in [0.25, 0.3) is 0 Å². The lowest BCUT2D eigenvalue weighted by Crippen LogP contribution is -2.50. The van der Waals surface area contributed by atoms with Gasteiger partial charge in [-0.25, -0.2) is 13.4 Å². The van der Waals surface area contributed by atoms with Crippen molar-refractivity contribution in [1.82, 2.24) is 23.7 Å². The Morgan fingerprint density at radius 3 is 2.64 bits per heavy atom. The molecule has 4 rings (SSSR count). The molecular weight excluding hydrogens is 524 g/mol. The first-order valence-corrected chi connectivity index (χ1v) is 13.8. The Hall–Kier alpha value is -3.81. The summed E-state index contributed by atoms with van der Waals surface area (Å²) in [4.78, 5) is 36.0. The lowest BCUT2D eigenvalue weighted by Gasteiger charge is -2.38. The minimum Gasteiger partial charge on any atom is -0.486 e. The van der Waals surface area contributed by atoms with Gasteiger partial charge >= 0.3 is 0 Å². The molecule has 2 N–H and O–H groups in total. The van der Waals surface area contributed by atoms with Gasteiger partial charge in [-0.3, -0.25) is 14.6 Å². The summed E-state index contributed by atoms with van der Waals surface area (Å²) >= 11 is 0. The number of hydrogen-bond acceptors (Lipinski definition) is 8. The smallest absolute Gasteiger partial charge is 0.261 e. The third kappa shape index (κ3) is 5.95. The maximum absolute atomic E-state index is 13.6. The molecule has 0 unspecified atom stereocenters. The molecule has 0 radical (unpaired) electrons. The van der Waals surface area contributed by atoms with E-state index in [4.69, 9.17) is 4.74 Å². The lowest BCUT2D eigenvalue weighted by molar-refractivity contribution is 0.0388. The number of aromatic nitrogens is 3. The van der Waals surface area contributed by atoms with Crippen LogP contribution < -0.4 is 10.1 Å². The number of nitrogens with one attached hydrogen (secondary N) is 1. The summed E-state index contributed by atoms with van der Waals surface area (Å²) in [7, 11) is -0.805. The summed E-state index contributed by atoms with van der Waals surface area (Å²) in [5.41, 5.74) is 0.810. The van der Waals surface area contributed by atoms with Gasteiger partial charge in [0.25, 0.3) is 21.8 Å². The Bertz CT molecular complexity index is 1440. The maximum atomic E-state index is 13.6. The fraction of sp³-hybridized carbons (Fsp3) is 0.385. The minimum atomic E-state index is -3.92. The van der Waals surface area contributed by atoms with Gasteiger partial charge in [-0.1, -0.05) is 13.0 Å². The molecule has 0 fully saturated rings. The number of sulfonamides is 1. The Balaban J connectivity index is 1.73. The molecule has 2 amide bonds. The van der Waals surface area contributed by atoms with Gasteiger partial charge < -0.3 is 24.6 Å². The zero-order chi connectivity index (χ0) is 28.3. The van der Waals surface area contributed by atoms with E-state index in [0.29, 0.717) is 5.56 Å². The zero-order valence-corrected chi connectivity index (χ0v) is 23.0. The molecule has 0 aliphatic carbocycles. The molecule has 3 heterocycles. The predicted octanol–water partition coefficient (Wildman–Crippen LogP) is 1.61. The third-order valence-electron chi connectivity index (χ3n) is 6.67. The molecule has 13 heteroatoms. The Labute approximate surface area is 227 Å². The van der Waals surface area contributed by atoms with Gasteiger partial charge in [0.15, 0.2) is 10.8 Å². The van der Waals surface area contributed by atoms with Crippen LogP contribution in [0.15, 0.2) is 60.3 Å². The van der Waals surface area contributed by atoms with Crippen LogP contribution in [0.3, 0.4) is 0 Å². The summed E-state index contributed by atoms with van der Waals surface area (Å²) in [5, 5.41) is 12.6. The number of imidazole rings is 1. The highest BCUT2D eigenvalue weighted by atomic mass is 32.2. The van der Waals surface area contributed by atoms with Crippen molar-refractivity contribution in [3.8, 4) is 5.75 Å². The number of nitrogens with zero attached hydrogens (tertiary/aromatic N) is 5. The van der Waals surface area contributed by atoms with E-state index >= 15 is 0 Å². The number of carbonyl (C=O) groups excluding carboxylic acids is 2. The number of rotatable bonds is 8. The number of ether oxygens (including phenoxy) is 1. The van der Waals surface area contributed by atoms with Gasteiger partial charge in [0, 0.05) is 50.7 Å². The highest BCUT2D eigenvalue weighted by Gasteiger charge is 2.36. The second-order valence-corrected chi connectivity index (χ2v) is 11.6. The first-order chi connectivity index (χ1) is 18.5. The van der Waals surface area contributed by atoms with Gasteiger partial charge in [0.05, 0.1) is 36.8 Å². The molecule has 0 bridgehead atoms. The van der Waals surface area contributed by atoms with E-state index in [2.05, 4.69) is 15.3 Å². The van der Waals surface area contributed by atoms with Crippen molar-refractivity contribution < 1.29 is 27.9 Å². The van der Waals surface area contributed by atoms with Crippen LogP contribution in [0, 0.1) is 5.92 Å². The number of benzene rings is 1. The molecule has 3 aromatic rings. The Morgan fingerprint density at radius 2 is 2.00 bits per heavy atom. The number of hydrogen-bond donors (Lipinski definition) is 2. The number of aliphatic hydroxyl groups excluding tert-OH is 1. The molecule has 39 heavy (non-hydrogen) atoms. The minimum absolute atomic E-state index is 0.0539. The summed E-state index contributed by atoms with van der Waals surface area (Å²) < 4.78 is 35.5. The molecule has 2 aromatic heterocycles. The van der Waals surface area contributed by atoms with Crippen LogP contribution in [-0.2, 0) is 17.1 Å². The SMILES string of the molecule is C[C@H]1CN([C@@H](C)CO)C(=O)c2cccc(NC(=O)c3ccncc3)c2O[C@@H]1CN(C)S(=O)(=O)c1cn(C)cn1. The number of carbonyl (C=O) groups is 2. The Kier molecular flexibility index (Phi) is 8.33. The molecule has 208 valence electrons. The molecule has 1 aliphatic rings. The summed E-state index contributed by atoms with van der Waals surface area (Å²) in [6.45, 7) is 3.48. The zero-order valence-electron chi connectivity index (χ0n) is 22.2. The number of amides is 2. The maximum Gasteiger partial charge on any atom is 0.261 e. The predicted molar refractivity (Wildman–Crippen MR) is 143 cm³/mol. The van der Waals surface area contributed by atoms with Crippen molar-refractivity contribution in [1.29, 1.82) is 0 Å². The number of aliphatic hydroxyl groups is 1. The first kappa shape index (κ1) is 28.2. The van der Waals surface area contributed by atoms with Crippen molar-refractivity contribution in [2.45, 2.75) is 31.0 Å². The molecule has 1 aliphatic heterocycles. The number of fused-ring (bicyclic) bond motifs is 1. The number of likely N-dealkylation sites (N-methyl/N-ethyl adjacent to an activating group) is 1. The van der Waals surface area contributed by atoms with Crippen LogP contribution in [0.1, 0.15) is 34.6 Å². The number of para-hydroxylation sites is 1. The molecule has 12 nitrogen and oxygen atoms in total. The van der Waals surface area contributed by atoms with Gasteiger partial charge in [-0.05, 0) is 31.2 Å². The average molecular weight is 557 g/mol. The Morgan fingerprint density at radius 1 is 1.28 bits per heavy atom. The highest BCUT2D eigenvalue weighted by molar-refractivity contribution is 7.89. The van der Waals surface area contributed by atoms with Crippen LogP contribution in [-0.4, -0.2) is 88.0 Å². The van der Waals surface area contributed by atoms with Crippen LogP contribution >= 0.6 is 0 Å². The molecule has 3 atom stereocenters. The topological polar surface area (TPSA) is 147 Å². The van der Waals surface area contributed by atoms with E-state index in [1.165, 1.54) is 32.0 Å². The third-order valence-corrected chi connectivity index (χ3v) is 8.38. The fourth-order valence-corrected chi connectivity index (χ4v) is 5.43. The van der Waals surface area contributed by atoms with Gasteiger partial charge in [0.1, 0.15) is 6.10 Å². The van der Waals surface area contributed by atoms with Gasteiger partial charge in [-0.15, -0.1) is 0 Å². The van der Waals surface area contributed by atoms with Gasteiger partial charge in [0.2, 0.25) is 0 Å². The monoisotopic (exact) mass is 556 g/mol.